The molecule has 1 aliphatic carbocycles. The van der Waals surface area contributed by atoms with E-state index in [4.69, 9.17) is 10.5 Å². The van der Waals surface area contributed by atoms with Gasteiger partial charge in [-0.3, -0.25) is 24.0 Å². The molecule has 1 aromatic carbocycles. The first-order chi connectivity index (χ1) is 24.9. The Morgan fingerprint density at radius 2 is 1.70 bits per heavy atom. The SMILES string of the molecule is CC(C)(O)c1cnnn1[C@H]1C[C@@H](C(=O)NC2(C(=O)C(N)=O)CCOCC2)N(C(=O)[C@@H](CC2CCCCC2)NC(=O)c2ccc(C(O)C(F)(F)F)cc2)C1. The predicted octanol–water partition coefficient (Wildman–Crippen LogP) is 1.73. The fraction of sp³-hybridized carbons (Fsp3) is 0.629. The van der Waals surface area contributed by atoms with Crippen molar-refractivity contribution in [3.63, 3.8) is 0 Å². The van der Waals surface area contributed by atoms with Crippen molar-refractivity contribution >= 4 is 29.4 Å². The number of alkyl halides is 3. The minimum absolute atomic E-state index is 0.0321. The summed E-state index contributed by atoms with van der Waals surface area (Å²) < 4.78 is 46.0. The van der Waals surface area contributed by atoms with E-state index in [9.17, 15) is 47.4 Å². The maximum Gasteiger partial charge on any atom is 0.418 e. The first-order valence-corrected chi connectivity index (χ1v) is 17.7. The van der Waals surface area contributed by atoms with Crippen molar-refractivity contribution in [3.8, 4) is 0 Å². The van der Waals surface area contributed by atoms with Gasteiger partial charge in [-0.1, -0.05) is 49.5 Å². The lowest BCUT2D eigenvalue weighted by atomic mass is 9.84. The van der Waals surface area contributed by atoms with Crippen molar-refractivity contribution in [2.75, 3.05) is 19.8 Å². The van der Waals surface area contributed by atoms with Gasteiger partial charge in [-0.05, 0) is 43.9 Å². The summed E-state index contributed by atoms with van der Waals surface area (Å²) in [6, 6.07) is 1.11. The average molecular weight is 750 g/mol. The van der Waals surface area contributed by atoms with E-state index in [1.165, 1.54) is 29.6 Å². The number of nitrogens with one attached hydrogen (secondary N) is 2. The van der Waals surface area contributed by atoms with Gasteiger partial charge in [0.1, 0.15) is 23.2 Å². The summed E-state index contributed by atoms with van der Waals surface area (Å²) >= 11 is 0. The number of nitrogens with zero attached hydrogens (tertiary/aromatic N) is 4. The Hall–Kier alpha value is -4.42. The van der Waals surface area contributed by atoms with E-state index in [0.29, 0.717) is 5.69 Å². The van der Waals surface area contributed by atoms with Crippen LogP contribution in [0.5, 0.6) is 0 Å². The second-order valence-corrected chi connectivity index (χ2v) is 14.7. The van der Waals surface area contributed by atoms with Crippen LogP contribution in [0.2, 0.25) is 0 Å². The van der Waals surface area contributed by atoms with E-state index in [2.05, 4.69) is 20.9 Å². The minimum atomic E-state index is -4.91. The molecule has 0 spiro atoms. The minimum Gasteiger partial charge on any atom is -0.384 e. The van der Waals surface area contributed by atoms with E-state index < -0.39 is 76.5 Å². The molecule has 15 nitrogen and oxygen atoms in total. The van der Waals surface area contributed by atoms with Crippen LogP contribution in [-0.2, 0) is 29.5 Å². The van der Waals surface area contributed by atoms with Crippen molar-refractivity contribution in [2.24, 2.45) is 11.7 Å². The monoisotopic (exact) mass is 749 g/mol. The highest BCUT2D eigenvalue weighted by Crippen LogP contribution is 2.35. The number of carbonyl (C=O) groups is 5. The molecule has 53 heavy (non-hydrogen) atoms. The Bertz CT molecular complexity index is 1660. The van der Waals surface area contributed by atoms with Crippen LogP contribution < -0.4 is 16.4 Å². The van der Waals surface area contributed by atoms with Crippen molar-refractivity contribution in [3.05, 3.63) is 47.3 Å². The normalized spacial score (nSPS) is 22.1. The summed E-state index contributed by atoms with van der Waals surface area (Å²) in [6.07, 6.45) is -1.71. The van der Waals surface area contributed by atoms with Crippen molar-refractivity contribution in [2.45, 2.75) is 113 Å². The van der Waals surface area contributed by atoms with Crippen molar-refractivity contribution in [1.29, 1.82) is 0 Å². The number of amides is 4. The Morgan fingerprint density at radius 1 is 1.06 bits per heavy atom. The number of halogens is 3. The van der Waals surface area contributed by atoms with Crippen LogP contribution in [0.4, 0.5) is 13.2 Å². The van der Waals surface area contributed by atoms with Gasteiger partial charge in [-0.15, -0.1) is 5.10 Å². The summed E-state index contributed by atoms with van der Waals surface area (Å²) in [6.45, 7) is 3.08. The van der Waals surface area contributed by atoms with Gasteiger partial charge in [0.15, 0.2) is 6.10 Å². The molecule has 4 atom stereocenters. The van der Waals surface area contributed by atoms with Crippen LogP contribution in [0.25, 0.3) is 0 Å². The third kappa shape index (κ3) is 9.04. The van der Waals surface area contributed by atoms with Crippen LogP contribution in [-0.4, -0.2) is 103 Å². The number of carbonyl (C=O) groups excluding carboxylic acids is 5. The molecule has 3 heterocycles. The number of rotatable bonds is 12. The van der Waals surface area contributed by atoms with Gasteiger partial charge >= 0.3 is 6.18 Å². The zero-order valence-corrected chi connectivity index (χ0v) is 29.6. The zero-order chi connectivity index (χ0) is 38.7. The molecular weight excluding hydrogens is 703 g/mol. The third-order valence-electron chi connectivity index (χ3n) is 10.5. The Morgan fingerprint density at radius 3 is 2.28 bits per heavy atom. The number of primary amides is 1. The molecule has 2 aromatic rings. The highest BCUT2D eigenvalue weighted by molar-refractivity contribution is 6.39. The van der Waals surface area contributed by atoms with Crippen LogP contribution in [0, 0.1) is 5.92 Å². The average Bonchev–Trinajstić information content (AvgIpc) is 3.80. The molecule has 1 saturated carbocycles. The number of Topliss-reactive ketones (excluding diaryl/α,β-unsaturated/α-hetero) is 1. The number of benzene rings is 1. The smallest absolute Gasteiger partial charge is 0.384 e. The number of aromatic nitrogens is 3. The number of aliphatic hydroxyl groups excluding tert-OH is 1. The topological polar surface area (TPSA) is 219 Å². The van der Waals surface area contributed by atoms with Gasteiger partial charge in [0.05, 0.1) is 17.9 Å². The van der Waals surface area contributed by atoms with Gasteiger partial charge in [0, 0.05) is 44.6 Å². The van der Waals surface area contributed by atoms with E-state index >= 15 is 0 Å². The summed E-state index contributed by atoms with van der Waals surface area (Å²) in [5, 5.41) is 34.0. The van der Waals surface area contributed by atoms with E-state index in [1.807, 2.05) is 0 Å². The van der Waals surface area contributed by atoms with Crippen LogP contribution in [0.15, 0.2) is 30.5 Å². The van der Waals surface area contributed by atoms with Crippen LogP contribution >= 0.6 is 0 Å². The van der Waals surface area contributed by atoms with E-state index in [0.717, 1.165) is 56.4 Å². The zero-order valence-electron chi connectivity index (χ0n) is 29.6. The number of ether oxygens (including phenoxy) is 1. The molecule has 290 valence electrons. The molecule has 3 fully saturated rings. The highest BCUT2D eigenvalue weighted by Gasteiger charge is 2.49. The molecule has 0 radical (unpaired) electrons. The van der Waals surface area contributed by atoms with Crippen molar-refractivity contribution in [1.82, 2.24) is 30.5 Å². The fourth-order valence-corrected chi connectivity index (χ4v) is 7.54. The number of hydrogen-bond donors (Lipinski definition) is 5. The highest BCUT2D eigenvalue weighted by atomic mass is 19.4. The molecule has 2 aliphatic heterocycles. The molecule has 3 aliphatic rings. The molecular formula is C35H46F3N7O8. The molecule has 2 saturated heterocycles. The lowest BCUT2D eigenvalue weighted by Gasteiger charge is -2.37. The maximum absolute atomic E-state index is 14.7. The van der Waals surface area contributed by atoms with Gasteiger partial charge in [-0.2, -0.15) is 13.2 Å². The van der Waals surface area contributed by atoms with Gasteiger partial charge < -0.3 is 36.2 Å². The van der Waals surface area contributed by atoms with Crippen LogP contribution in [0.1, 0.15) is 105 Å². The van der Waals surface area contributed by atoms with Crippen LogP contribution in [0.3, 0.4) is 0 Å². The van der Waals surface area contributed by atoms with Gasteiger partial charge in [-0.25, -0.2) is 4.68 Å². The third-order valence-corrected chi connectivity index (χ3v) is 10.5. The summed E-state index contributed by atoms with van der Waals surface area (Å²) in [5.74, 6) is -4.32. The lowest BCUT2D eigenvalue weighted by Crippen LogP contribution is -2.64. The lowest BCUT2D eigenvalue weighted by molar-refractivity contribution is -0.206. The number of hydrogen-bond acceptors (Lipinski definition) is 10. The fourth-order valence-electron chi connectivity index (χ4n) is 7.54. The largest absolute Gasteiger partial charge is 0.418 e. The van der Waals surface area contributed by atoms with E-state index in [-0.39, 0.29) is 56.9 Å². The summed E-state index contributed by atoms with van der Waals surface area (Å²) in [5.41, 5.74) is 2.11. The molecule has 1 aromatic heterocycles. The number of nitrogens with two attached hydrogens (primary N) is 1. The quantitative estimate of drug-likeness (QED) is 0.198. The second-order valence-electron chi connectivity index (χ2n) is 14.7. The number of ketones is 1. The molecule has 18 heteroatoms. The van der Waals surface area contributed by atoms with E-state index in [1.54, 1.807) is 0 Å². The molecule has 0 bridgehead atoms. The second kappa shape index (κ2) is 15.9. The molecule has 1 unspecified atom stereocenters. The van der Waals surface area contributed by atoms with Gasteiger partial charge in [0.25, 0.3) is 11.8 Å². The predicted molar refractivity (Wildman–Crippen MR) is 179 cm³/mol. The maximum atomic E-state index is 14.7. The molecule has 6 N–H and O–H groups in total. The number of likely N-dealkylation sites (tertiary alicyclic amines) is 1. The summed E-state index contributed by atoms with van der Waals surface area (Å²) in [4.78, 5) is 69.0. The first kappa shape index (κ1) is 39.8. The summed E-state index contributed by atoms with van der Waals surface area (Å²) in [7, 11) is 0. The standard InChI is InChI=1S/C35H46F3N7O8/c1-33(2,52)26-18-40-43-45(26)23-17-25(31(50)42-34(28(47)29(39)48)12-14-53-15-13-34)44(19-23)32(51)24(16-20-6-4-3-5-7-20)41-30(49)22-10-8-21(9-11-22)27(46)35(36,37)38/h8-11,18,20,23-25,27,46,52H,3-7,12-17,19H2,1-2H3,(H2,39,48)(H,41,49)(H,42,50)/t23-,24+,25-,27?/m0/s1. The Labute approximate surface area is 303 Å². The molecule has 5 rings (SSSR count). The first-order valence-electron chi connectivity index (χ1n) is 17.7. The number of aliphatic hydroxyl groups is 2. The molecule has 4 amide bonds. The van der Waals surface area contributed by atoms with Gasteiger partial charge in [0.2, 0.25) is 17.6 Å². The Balaban J connectivity index is 1.47. The van der Waals surface area contributed by atoms with Crippen molar-refractivity contribution < 1.29 is 52.1 Å². The Kier molecular flexibility index (Phi) is 11.9.